The van der Waals surface area contributed by atoms with Crippen LogP contribution in [0.2, 0.25) is 0 Å². The fraction of sp³-hybridized carbons (Fsp3) is 0.467. The van der Waals surface area contributed by atoms with Gasteiger partial charge in [-0.3, -0.25) is 0 Å². The highest BCUT2D eigenvalue weighted by molar-refractivity contribution is 5.68. The van der Waals surface area contributed by atoms with Crippen LogP contribution in [0.5, 0.6) is 5.75 Å². The van der Waals surface area contributed by atoms with Crippen LogP contribution in [0.3, 0.4) is 0 Å². The zero-order chi connectivity index (χ0) is 29.5. The molecule has 0 aliphatic heterocycles. The summed E-state index contributed by atoms with van der Waals surface area (Å²) in [6.07, 6.45) is 0.677. The van der Waals surface area contributed by atoms with E-state index in [0.29, 0.717) is 31.7 Å². The molecule has 0 saturated heterocycles. The number of aliphatic hydroxyl groups excluding tert-OH is 1. The van der Waals surface area contributed by atoms with Crippen molar-refractivity contribution in [2.24, 2.45) is 0 Å². The van der Waals surface area contributed by atoms with Crippen molar-refractivity contribution in [2.75, 3.05) is 6.54 Å². The molecule has 2 unspecified atom stereocenters. The van der Waals surface area contributed by atoms with Gasteiger partial charge >= 0.3 is 12.2 Å². The van der Waals surface area contributed by atoms with Crippen molar-refractivity contribution in [1.82, 2.24) is 20.8 Å². The molecule has 2 amide bonds. The zero-order valence-electron chi connectivity index (χ0n) is 23.6. The molecule has 0 spiro atoms. The quantitative estimate of drug-likeness (QED) is 0.224. The summed E-state index contributed by atoms with van der Waals surface area (Å²) in [5.41, 5.74) is 0.730. The summed E-state index contributed by atoms with van der Waals surface area (Å²) in [6.45, 7) is 5.83. The smallest absolute Gasteiger partial charge is 0.407 e. The molecule has 0 radical (unpaired) electrons. The highest BCUT2D eigenvalue weighted by atomic mass is 16.6. The molecule has 1 aliphatic rings. The second-order valence-electron chi connectivity index (χ2n) is 11.3. The van der Waals surface area contributed by atoms with Gasteiger partial charge in [0, 0.05) is 6.54 Å². The maximum Gasteiger partial charge on any atom is 0.407 e. The molecule has 4 rings (SSSR count). The number of benzene rings is 2. The van der Waals surface area contributed by atoms with Crippen molar-refractivity contribution in [3.8, 4) is 5.75 Å². The summed E-state index contributed by atoms with van der Waals surface area (Å²) in [5, 5.41) is 30.4. The lowest BCUT2D eigenvalue weighted by Gasteiger charge is -2.22. The highest BCUT2D eigenvalue weighted by Gasteiger charge is 2.51. The average molecular weight is 567 g/mol. The number of carbonyl (C=O) groups excluding carboxylic acids is 2. The molecular formula is C30H38N4O7. The Balaban J connectivity index is 1.39. The number of rotatable bonds is 12. The van der Waals surface area contributed by atoms with Crippen LogP contribution in [0.25, 0.3) is 0 Å². The molecule has 11 heteroatoms. The number of phenolic OH excluding ortho intramolecular Hbond substituents is 1. The van der Waals surface area contributed by atoms with Crippen LogP contribution in [0.15, 0.2) is 59.1 Å². The summed E-state index contributed by atoms with van der Waals surface area (Å²) in [5.74, 6) is 0.607. The van der Waals surface area contributed by atoms with Crippen molar-refractivity contribution < 1.29 is 33.8 Å². The van der Waals surface area contributed by atoms with Gasteiger partial charge in [0.05, 0.1) is 11.5 Å². The standard InChI is InChI=1S/C30H38N4O7/c1-29(2,3)40-27(37)31-18-8-7-11-23(32-28(38)39-19-20-9-5-4-6-10-20)24(36)25-33-26(41-34-25)30(16-17-30)21-12-14-22(35)15-13-21/h4-6,9-10,12-15,23-24,35-36H,7-8,11,16-19H2,1-3H3,(H,31,37)(H,32,38). The number of hydrogen-bond donors (Lipinski definition) is 4. The van der Waals surface area contributed by atoms with E-state index in [2.05, 4.69) is 20.8 Å². The van der Waals surface area contributed by atoms with Crippen molar-refractivity contribution in [2.45, 2.75) is 82.6 Å². The number of aromatic nitrogens is 2. The van der Waals surface area contributed by atoms with Gasteiger partial charge < -0.3 is 34.8 Å². The third-order valence-electron chi connectivity index (χ3n) is 6.79. The monoisotopic (exact) mass is 566 g/mol. The van der Waals surface area contributed by atoms with Crippen LogP contribution < -0.4 is 10.6 Å². The van der Waals surface area contributed by atoms with E-state index in [0.717, 1.165) is 24.0 Å². The van der Waals surface area contributed by atoms with E-state index >= 15 is 0 Å². The summed E-state index contributed by atoms with van der Waals surface area (Å²) >= 11 is 0. The first-order valence-electron chi connectivity index (χ1n) is 13.8. The van der Waals surface area contributed by atoms with E-state index < -0.39 is 35.3 Å². The molecule has 0 bridgehead atoms. The molecule has 11 nitrogen and oxygen atoms in total. The number of aromatic hydroxyl groups is 1. The SMILES string of the molecule is CC(C)(C)OC(=O)NCCCCC(NC(=O)OCc1ccccc1)C(O)c1noc(C2(c3ccc(O)cc3)CC2)n1. The molecule has 41 heavy (non-hydrogen) atoms. The van der Waals surface area contributed by atoms with Gasteiger partial charge in [-0.05, 0) is 76.1 Å². The van der Waals surface area contributed by atoms with E-state index in [1.54, 1.807) is 32.9 Å². The molecule has 1 aromatic heterocycles. The first-order valence-corrected chi connectivity index (χ1v) is 13.8. The molecule has 2 atom stereocenters. The van der Waals surface area contributed by atoms with Crippen LogP contribution in [0.4, 0.5) is 9.59 Å². The Hall–Kier alpha value is -4.12. The second kappa shape index (κ2) is 13.0. The summed E-state index contributed by atoms with van der Waals surface area (Å²) in [6, 6.07) is 15.4. The predicted molar refractivity (Wildman–Crippen MR) is 149 cm³/mol. The maximum atomic E-state index is 12.7. The van der Waals surface area contributed by atoms with Crippen LogP contribution in [0.1, 0.15) is 81.8 Å². The zero-order valence-corrected chi connectivity index (χ0v) is 23.6. The van der Waals surface area contributed by atoms with Crippen LogP contribution in [-0.4, -0.2) is 50.7 Å². The minimum atomic E-state index is -1.26. The Morgan fingerprint density at radius 3 is 2.41 bits per heavy atom. The van der Waals surface area contributed by atoms with Gasteiger partial charge in [0.2, 0.25) is 11.7 Å². The molecule has 4 N–H and O–H groups in total. The Morgan fingerprint density at radius 2 is 1.76 bits per heavy atom. The summed E-state index contributed by atoms with van der Waals surface area (Å²) in [7, 11) is 0. The number of amides is 2. The number of unbranched alkanes of at least 4 members (excludes halogenated alkanes) is 1. The molecule has 1 fully saturated rings. The fourth-order valence-electron chi connectivity index (χ4n) is 4.48. The Labute approximate surface area is 239 Å². The normalized spacial score (nSPS) is 15.4. The van der Waals surface area contributed by atoms with Gasteiger partial charge in [0.1, 0.15) is 24.1 Å². The van der Waals surface area contributed by atoms with Gasteiger partial charge in [-0.15, -0.1) is 0 Å². The number of carbonyl (C=O) groups is 2. The third kappa shape index (κ3) is 8.43. The van der Waals surface area contributed by atoms with Gasteiger partial charge in [-0.1, -0.05) is 47.6 Å². The maximum absolute atomic E-state index is 12.7. The molecule has 1 saturated carbocycles. The Kier molecular flexibility index (Phi) is 9.49. The number of hydrogen-bond acceptors (Lipinski definition) is 9. The lowest BCUT2D eigenvalue weighted by Crippen LogP contribution is -2.40. The Morgan fingerprint density at radius 1 is 1.05 bits per heavy atom. The lowest BCUT2D eigenvalue weighted by atomic mass is 9.96. The Bertz CT molecular complexity index is 1280. The molecule has 2 aromatic carbocycles. The van der Waals surface area contributed by atoms with E-state index in [-0.39, 0.29) is 18.2 Å². The third-order valence-corrected chi connectivity index (χ3v) is 6.79. The van der Waals surface area contributed by atoms with E-state index in [4.69, 9.17) is 14.0 Å². The number of alkyl carbamates (subject to hydrolysis) is 2. The number of nitrogens with one attached hydrogen (secondary N) is 2. The van der Waals surface area contributed by atoms with Gasteiger partial charge in [-0.25, -0.2) is 9.59 Å². The molecule has 3 aromatic rings. The van der Waals surface area contributed by atoms with Gasteiger partial charge in [0.15, 0.2) is 0 Å². The van der Waals surface area contributed by atoms with Crippen LogP contribution in [0, 0.1) is 0 Å². The van der Waals surface area contributed by atoms with Crippen molar-refractivity contribution >= 4 is 12.2 Å². The number of phenols is 1. The summed E-state index contributed by atoms with van der Waals surface area (Å²) < 4.78 is 16.2. The fourth-order valence-corrected chi connectivity index (χ4v) is 4.48. The van der Waals surface area contributed by atoms with Crippen LogP contribution >= 0.6 is 0 Å². The first kappa shape index (κ1) is 29.9. The van der Waals surface area contributed by atoms with Gasteiger partial charge in [0.25, 0.3) is 0 Å². The van der Waals surface area contributed by atoms with Gasteiger partial charge in [-0.2, -0.15) is 4.98 Å². The van der Waals surface area contributed by atoms with Crippen molar-refractivity contribution in [1.29, 1.82) is 0 Å². The van der Waals surface area contributed by atoms with Crippen LogP contribution in [-0.2, 0) is 21.5 Å². The highest BCUT2D eigenvalue weighted by Crippen LogP contribution is 2.53. The topological polar surface area (TPSA) is 156 Å². The molecule has 220 valence electrons. The second-order valence-corrected chi connectivity index (χ2v) is 11.3. The van der Waals surface area contributed by atoms with E-state index in [9.17, 15) is 19.8 Å². The van der Waals surface area contributed by atoms with Crippen molar-refractivity contribution in [3.05, 3.63) is 77.4 Å². The first-order chi connectivity index (χ1) is 19.6. The minimum absolute atomic E-state index is 0.0605. The molecule has 1 heterocycles. The van der Waals surface area contributed by atoms with E-state index in [1.165, 1.54) is 0 Å². The minimum Gasteiger partial charge on any atom is -0.508 e. The lowest BCUT2D eigenvalue weighted by molar-refractivity contribution is 0.0526. The average Bonchev–Trinajstić information content (AvgIpc) is 3.59. The van der Waals surface area contributed by atoms with Crippen molar-refractivity contribution in [3.63, 3.8) is 0 Å². The van der Waals surface area contributed by atoms with E-state index in [1.807, 2.05) is 42.5 Å². The number of nitrogens with zero attached hydrogens (tertiary/aromatic N) is 2. The molecule has 1 aliphatic carbocycles. The summed E-state index contributed by atoms with van der Waals surface area (Å²) in [4.78, 5) is 29.1. The number of aliphatic hydroxyl groups is 1. The number of ether oxygens (including phenoxy) is 2. The largest absolute Gasteiger partial charge is 0.508 e. The molecular weight excluding hydrogens is 528 g/mol. The predicted octanol–water partition coefficient (Wildman–Crippen LogP) is 4.88.